The van der Waals surface area contributed by atoms with Crippen molar-refractivity contribution in [2.75, 3.05) is 6.54 Å². The molecule has 0 saturated heterocycles. The summed E-state index contributed by atoms with van der Waals surface area (Å²) < 4.78 is 0. The first-order valence-corrected chi connectivity index (χ1v) is 6.15. The molecule has 0 aromatic heterocycles. The molecule has 0 aromatic carbocycles. The summed E-state index contributed by atoms with van der Waals surface area (Å²) in [6.07, 6.45) is 7.27. The van der Waals surface area contributed by atoms with E-state index in [-0.39, 0.29) is 6.10 Å². The molecule has 0 radical (unpaired) electrons. The molecule has 0 bridgehead atoms. The molecular weight excluding hydrogens is 174 g/mol. The van der Waals surface area contributed by atoms with Crippen LogP contribution in [0.1, 0.15) is 52.4 Å². The second-order valence-corrected chi connectivity index (χ2v) is 4.64. The SMILES string of the molecule is CCC(O)CCNC(C)C1CCCC1. The smallest absolute Gasteiger partial charge is 0.0549 e. The van der Waals surface area contributed by atoms with Crippen LogP contribution in [0.5, 0.6) is 0 Å². The van der Waals surface area contributed by atoms with Gasteiger partial charge in [0.25, 0.3) is 0 Å². The fourth-order valence-electron chi connectivity index (χ4n) is 2.31. The summed E-state index contributed by atoms with van der Waals surface area (Å²) in [7, 11) is 0. The van der Waals surface area contributed by atoms with Gasteiger partial charge in [0.2, 0.25) is 0 Å². The van der Waals surface area contributed by atoms with Crippen LogP contribution in [0.3, 0.4) is 0 Å². The van der Waals surface area contributed by atoms with E-state index >= 15 is 0 Å². The molecule has 1 saturated carbocycles. The highest BCUT2D eigenvalue weighted by Gasteiger charge is 2.20. The van der Waals surface area contributed by atoms with Gasteiger partial charge >= 0.3 is 0 Å². The second kappa shape index (κ2) is 6.41. The molecule has 0 aromatic rings. The van der Waals surface area contributed by atoms with Crippen LogP contribution < -0.4 is 5.32 Å². The van der Waals surface area contributed by atoms with Gasteiger partial charge < -0.3 is 10.4 Å². The molecule has 2 atom stereocenters. The van der Waals surface area contributed by atoms with E-state index < -0.39 is 0 Å². The van der Waals surface area contributed by atoms with Gasteiger partial charge in [0.05, 0.1) is 6.10 Å². The molecule has 0 aliphatic heterocycles. The predicted octanol–water partition coefficient (Wildman–Crippen LogP) is 2.32. The minimum absolute atomic E-state index is 0.113. The topological polar surface area (TPSA) is 32.3 Å². The Balaban J connectivity index is 2.05. The van der Waals surface area contributed by atoms with Crippen LogP contribution in [0, 0.1) is 5.92 Å². The molecule has 1 fully saturated rings. The minimum Gasteiger partial charge on any atom is -0.393 e. The fourth-order valence-corrected chi connectivity index (χ4v) is 2.31. The lowest BCUT2D eigenvalue weighted by atomic mass is 10.00. The summed E-state index contributed by atoms with van der Waals surface area (Å²) in [5, 5.41) is 12.9. The van der Waals surface area contributed by atoms with E-state index in [4.69, 9.17) is 0 Å². The molecule has 2 N–H and O–H groups in total. The third kappa shape index (κ3) is 3.97. The van der Waals surface area contributed by atoms with Crippen LogP contribution in [-0.2, 0) is 0 Å². The van der Waals surface area contributed by atoms with Crippen molar-refractivity contribution in [3.05, 3.63) is 0 Å². The Labute approximate surface area is 88.1 Å². The van der Waals surface area contributed by atoms with Gasteiger partial charge in [-0.2, -0.15) is 0 Å². The number of nitrogens with one attached hydrogen (secondary N) is 1. The van der Waals surface area contributed by atoms with Crippen molar-refractivity contribution in [2.45, 2.75) is 64.5 Å². The monoisotopic (exact) mass is 199 g/mol. The molecule has 0 heterocycles. The van der Waals surface area contributed by atoms with E-state index in [0.717, 1.165) is 25.3 Å². The highest BCUT2D eigenvalue weighted by atomic mass is 16.3. The predicted molar refractivity (Wildman–Crippen MR) is 60.3 cm³/mol. The van der Waals surface area contributed by atoms with Crippen molar-refractivity contribution in [2.24, 2.45) is 5.92 Å². The second-order valence-electron chi connectivity index (χ2n) is 4.64. The maximum atomic E-state index is 9.40. The van der Waals surface area contributed by atoms with Gasteiger partial charge in [0.1, 0.15) is 0 Å². The maximum Gasteiger partial charge on any atom is 0.0549 e. The zero-order valence-electron chi connectivity index (χ0n) is 9.63. The Hall–Kier alpha value is -0.0800. The number of aliphatic hydroxyl groups excluding tert-OH is 1. The zero-order chi connectivity index (χ0) is 10.4. The molecule has 0 amide bonds. The molecule has 14 heavy (non-hydrogen) atoms. The van der Waals surface area contributed by atoms with Gasteiger partial charge in [0.15, 0.2) is 0 Å². The van der Waals surface area contributed by atoms with E-state index in [1.165, 1.54) is 25.7 Å². The van der Waals surface area contributed by atoms with Gasteiger partial charge in [0, 0.05) is 6.04 Å². The Morgan fingerprint density at radius 3 is 2.57 bits per heavy atom. The summed E-state index contributed by atoms with van der Waals surface area (Å²) in [5.74, 6) is 0.883. The van der Waals surface area contributed by atoms with Gasteiger partial charge in [-0.15, -0.1) is 0 Å². The first-order chi connectivity index (χ1) is 6.74. The molecular formula is C12H25NO. The van der Waals surface area contributed by atoms with Crippen molar-refractivity contribution >= 4 is 0 Å². The third-order valence-corrected chi connectivity index (χ3v) is 3.52. The van der Waals surface area contributed by atoms with Crippen molar-refractivity contribution in [3.8, 4) is 0 Å². The van der Waals surface area contributed by atoms with Crippen LogP contribution in [0.25, 0.3) is 0 Å². The molecule has 1 aliphatic carbocycles. The average molecular weight is 199 g/mol. The van der Waals surface area contributed by atoms with Crippen LogP contribution in [-0.4, -0.2) is 23.8 Å². The quantitative estimate of drug-likeness (QED) is 0.688. The number of hydrogen-bond acceptors (Lipinski definition) is 2. The summed E-state index contributed by atoms with van der Waals surface area (Å²) in [6, 6.07) is 0.640. The van der Waals surface area contributed by atoms with Crippen LogP contribution in [0.2, 0.25) is 0 Å². The standard InChI is InChI=1S/C12H25NO/c1-3-12(14)8-9-13-10(2)11-6-4-5-7-11/h10-14H,3-9H2,1-2H3. The van der Waals surface area contributed by atoms with E-state index in [1.54, 1.807) is 0 Å². The minimum atomic E-state index is -0.113. The first kappa shape index (κ1) is 12.0. The fraction of sp³-hybridized carbons (Fsp3) is 1.00. The van der Waals surface area contributed by atoms with Gasteiger partial charge in [-0.05, 0) is 45.1 Å². The molecule has 2 nitrogen and oxygen atoms in total. The van der Waals surface area contributed by atoms with Crippen LogP contribution in [0.4, 0.5) is 0 Å². The number of hydrogen-bond donors (Lipinski definition) is 2. The summed E-state index contributed by atoms with van der Waals surface area (Å²) in [5.41, 5.74) is 0. The highest BCUT2D eigenvalue weighted by Crippen LogP contribution is 2.27. The first-order valence-electron chi connectivity index (χ1n) is 6.15. The largest absolute Gasteiger partial charge is 0.393 e. The van der Waals surface area contributed by atoms with Gasteiger partial charge in [-0.1, -0.05) is 19.8 Å². The molecule has 84 valence electrons. The lowest BCUT2D eigenvalue weighted by molar-refractivity contribution is 0.157. The Bertz CT molecular complexity index is 143. The number of aliphatic hydroxyl groups is 1. The summed E-state index contributed by atoms with van der Waals surface area (Å²) >= 11 is 0. The van der Waals surface area contributed by atoms with Crippen molar-refractivity contribution < 1.29 is 5.11 Å². The third-order valence-electron chi connectivity index (χ3n) is 3.52. The highest BCUT2D eigenvalue weighted by molar-refractivity contribution is 4.77. The van der Waals surface area contributed by atoms with Crippen LogP contribution in [0.15, 0.2) is 0 Å². The van der Waals surface area contributed by atoms with Crippen molar-refractivity contribution in [1.82, 2.24) is 5.32 Å². The van der Waals surface area contributed by atoms with E-state index in [1.807, 2.05) is 6.92 Å². The van der Waals surface area contributed by atoms with E-state index in [0.29, 0.717) is 6.04 Å². The Kier molecular flexibility index (Phi) is 5.49. The van der Waals surface area contributed by atoms with Crippen molar-refractivity contribution in [3.63, 3.8) is 0 Å². The summed E-state index contributed by atoms with van der Waals surface area (Å²) in [6.45, 7) is 5.28. The summed E-state index contributed by atoms with van der Waals surface area (Å²) in [4.78, 5) is 0. The van der Waals surface area contributed by atoms with Crippen LogP contribution >= 0.6 is 0 Å². The normalized spacial score (nSPS) is 22.5. The zero-order valence-corrected chi connectivity index (χ0v) is 9.63. The van der Waals surface area contributed by atoms with E-state index in [2.05, 4.69) is 12.2 Å². The lowest BCUT2D eigenvalue weighted by Gasteiger charge is -2.21. The lowest BCUT2D eigenvalue weighted by Crippen LogP contribution is -2.34. The van der Waals surface area contributed by atoms with Gasteiger partial charge in [-0.25, -0.2) is 0 Å². The molecule has 1 aliphatic rings. The van der Waals surface area contributed by atoms with Crippen molar-refractivity contribution in [1.29, 1.82) is 0 Å². The molecule has 1 rings (SSSR count). The molecule has 0 spiro atoms. The maximum absolute atomic E-state index is 9.40. The molecule has 2 heteroatoms. The molecule has 2 unspecified atom stereocenters. The average Bonchev–Trinajstić information content (AvgIpc) is 2.70. The van der Waals surface area contributed by atoms with E-state index in [9.17, 15) is 5.11 Å². The number of rotatable bonds is 6. The van der Waals surface area contributed by atoms with Gasteiger partial charge in [-0.3, -0.25) is 0 Å². The Morgan fingerprint density at radius 2 is 2.00 bits per heavy atom. The Morgan fingerprint density at radius 1 is 1.36 bits per heavy atom.